The first-order chi connectivity index (χ1) is 15.3. The Morgan fingerprint density at radius 3 is 2.48 bits per heavy atom. The van der Waals surface area contributed by atoms with E-state index in [-0.39, 0.29) is 30.1 Å². The van der Waals surface area contributed by atoms with Gasteiger partial charge in [-0.2, -0.15) is 0 Å². The average molecular weight is 474 g/mol. The van der Waals surface area contributed by atoms with Crippen LogP contribution in [0.25, 0.3) is 0 Å². The second-order valence-electron chi connectivity index (χ2n) is 7.38. The van der Waals surface area contributed by atoms with Gasteiger partial charge in [0.1, 0.15) is 5.75 Å². The lowest BCUT2D eigenvalue weighted by Crippen LogP contribution is -2.33. The van der Waals surface area contributed by atoms with Gasteiger partial charge in [-0.1, -0.05) is 12.1 Å². The number of rotatable bonds is 7. The maximum Gasteiger partial charge on any atom is 0.573 e. The summed E-state index contributed by atoms with van der Waals surface area (Å²) in [6.45, 7) is -1.66. The number of hydrogen-bond donors (Lipinski definition) is 2. The number of hydrogen-bond acceptors (Lipinski definition) is 6. The third-order valence-electron chi connectivity index (χ3n) is 4.91. The highest BCUT2D eigenvalue weighted by Crippen LogP contribution is 2.34. The van der Waals surface area contributed by atoms with Gasteiger partial charge in [0.25, 0.3) is 5.92 Å². The first-order valence-electron chi connectivity index (χ1n) is 9.52. The van der Waals surface area contributed by atoms with Gasteiger partial charge in [0.05, 0.1) is 31.1 Å². The van der Waals surface area contributed by atoms with Crippen LogP contribution in [-0.4, -0.2) is 53.7 Å². The van der Waals surface area contributed by atoms with Crippen molar-refractivity contribution in [2.75, 3.05) is 25.4 Å². The molecule has 178 valence electrons. The number of carbonyl (C=O) groups excluding carboxylic acids is 2. The largest absolute Gasteiger partial charge is 0.573 e. The summed E-state index contributed by atoms with van der Waals surface area (Å²) in [5.74, 6) is -6.71. The molecule has 1 atom stereocenters. The molecule has 0 radical (unpaired) electrons. The number of halogens is 5. The van der Waals surface area contributed by atoms with E-state index in [0.717, 1.165) is 23.2 Å². The molecule has 1 saturated heterocycles. The van der Waals surface area contributed by atoms with Crippen molar-refractivity contribution < 1.29 is 41.0 Å². The molecule has 0 bridgehead atoms. The topological polar surface area (TPSA) is 121 Å². The van der Waals surface area contributed by atoms with E-state index in [9.17, 15) is 31.5 Å². The molecule has 2 amide bonds. The molecule has 8 nitrogen and oxygen atoms in total. The molecule has 2 heterocycles. The van der Waals surface area contributed by atoms with E-state index in [2.05, 4.69) is 9.72 Å². The van der Waals surface area contributed by atoms with Crippen molar-refractivity contribution in [2.24, 2.45) is 11.7 Å². The number of benzene rings is 1. The Hall–Kier alpha value is -3.64. The quantitative estimate of drug-likeness (QED) is 0.595. The Bertz CT molecular complexity index is 1030. The standard InChI is InChI=1S/C20H19F5N4O4/c21-19(22)10-29(16(30)5-11-1-3-14(4-2-11)33-20(23,24)25)8-13(19)9-32-15-6-12(18(27)31)7-28-17(15)26/h1-4,6-7,13H,5,8-10H2,(H2,26,28)(H2,27,31). The summed E-state index contributed by atoms with van der Waals surface area (Å²) in [6.07, 6.45) is -4.01. The van der Waals surface area contributed by atoms with Gasteiger partial charge in [-0.05, 0) is 23.8 Å². The average Bonchev–Trinajstić information content (AvgIpc) is 3.02. The molecular weight excluding hydrogens is 455 g/mol. The Balaban J connectivity index is 1.60. The number of nitrogens with zero attached hydrogens (tertiary/aromatic N) is 2. The summed E-state index contributed by atoms with van der Waals surface area (Å²) in [6, 6.07) is 5.74. The van der Waals surface area contributed by atoms with Gasteiger partial charge in [0.15, 0.2) is 11.6 Å². The van der Waals surface area contributed by atoms with Crippen LogP contribution >= 0.6 is 0 Å². The molecule has 1 aliphatic rings. The van der Waals surface area contributed by atoms with Crippen LogP contribution in [0.1, 0.15) is 15.9 Å². The van der Waals surface area contributed by atoms with Crippen LogP contribution in [0.2, 0.25) is 0 Å². The summed E-state index contributed by atoms with van der Waals surface area (Å²) in [7, 11) is 0. The number of amides is 2. The predicted octanol–water partition coefficient (Wildman–Crippen LogP) is 2.38. The number of ether oxygens (including phenoxy) is 2. The number of nitrogens with two attached hydrogens (primary N) is 2. The molecule has 1 aromatic carbocycles. The van der Waals surface area contributed by atoms with Crippen LogP contribution in [-0.2, 0) is 11.2 Å². The zero-order valence-corrected chi connectivity index (χ0v) is 16.9. The van der Waals surface area contributed by atoms with E-state index in [1.54, 1.807) is 0 Å². The molecule has 1 aliphatic heterocycles. The van der Waals surface area contributed by atoms with Crippen LogP contribution in [0.3, 0.4) is 0 Å². The number of pyridine rings is 1. The smallest absolute Gasteiger partial charge is 0.489 e. The lowest BCUT2D eigenvalue weighted by molar-refractivity contribution is -0.274. The van der Waals surface area contributed by atoms with Crippen LogP contribution in [0, 0.1) is 5.92 Å². The van der Waals surface area contributed by atoms with Gasteiger partial charge >= 0.3 is 6.36 Å². The predicted molar refractivity (Wildman–Crippen MR) is 105 cm³/mol. The monoisotopic (exact) mass is 474 g/mol. The molecule has 1 aromatic heterocycles. The Morgan fingerprint density at radius 2 is 1.88 bits per heavy atom. The lowest BCUT2D eigenvalue weighted by atomic mass is 10.1. The van der Waals surface area contributed by atoms with E-state index in [0.29, 0.717) is 5.56 Å². The van der Waals surface area contributed by atoms with Crippen molar-refractivity contribution in [1.82, 2.24) is 9.88 Å². The van der Waals surface area contributed by atoms with Crippen molar-refractivity contribution in [3.63, 3.8) is 0 Å². The molecule has 1 fully saturated rings. The van der Waals surface area contributed by atoms with Gasteiger partial charge in [-0.25, -0.2) is 13.8 Å². The van der Waals surface area contributed by atoms with Gasteiger partial charge in [0.2, 0.25) is 11.8 Å². The minimum absolute atomic E-state index is 0.0131. The zero-order valence-electron chi connectivity index (χ0n) is 16.9. The number of carbonyl (C=O) groups is 2. The number of anilines is 1. The summed E-state index contributed by atoms with van der Waals surface area (Å²) in [5.41, 5.74) is 11.1. The van der Waals surface area contributed by atoms with Crippen LogP contribution in [0.5, 0.6) is 11.5 Å². The number of alkyl halides is 5. The van der Waals surface area contributed by atoms with Crippen molar-refractivity contribution >= 4 is 17.6 Å². The maximum atomic E-state index is 14.5. The minimum atomic E-state index is -4.85. The molecular formula is C20H19F5N4O4. The number of primary amides is 1. The molecule has 0 aliphatic carbocycles. The first kappa shape index (κ1) is 24.0. The zero-order chi connectivity index (χ0) is 24.4. The first-order valence-corrected chi connectivity index (χ1v) is 9.52. The second-order valence-corrected chi connectivity index (χ2v) is 7.38. The van der Waals surface area contributed by atoms with Crippen LogP contribution in [0.15, 0.2) is 36.5 Å². The summed E-state index contributed by atoms with van der Waals surface area (Å²) in [5, 5.41) is 0. The maximum absolute atomic E-state index is 14.5. The highest BCUT2D eigenvalue weighted by atomic mass is 19.4. The van der Waals surface area contributed by atoms with Gasteiger partial charge < -0.3 is 25.8 Å². The highest BCUT2D eigenvalue weighted by molar-refractivity contribution is 5.93. The number of aromatic nitrogens is 1. The highest BCUT2D eigenvalue weighted by Gasteiger charge is 2.49. The molecule has 13 heteroatoms. The fourth-order valence-corrected chi connectivity index (χ4v) is 3.20. The normalized spacial score (nSPS) is 17.6. The van der Waals surface area contributed by atoms with Crippen LogP contribution < -0.4 is 20.9 Å². The van der Waals surface area contributed by atoms with E-state index in [1.807, 2.05) is 0 Å². The minimum Gasteiger partial charge on any atom is -0.489 e. The van der Waals surface area contributed by atoms with Crippen molar-refractivity contribution in [2.45, 2.75) is 18.7 Å². The molecule has 33 heavy (non-hydrogen) atoms. The van der Waals surface area contributed by atoms with Gasteiger partial charge in [0, 0.05) is 12.7 Å². The van der Waals surface area contributed by atoms with Crippen molar-refractivity contribution in [3.8, 4) is 11.5 Å². The van der Waals surface area contributed by atoms with Crippen molar-refractivity contribution in [3.05, 3.63) is 47.7 Å². The summed E-state index contributed by atoms with van der Waals surface area (Å²) in [4.78, 5) is 28.4. The third-order valence-corrected chi connectivity index (χ3v) is 4.91. The molecule has 3 rings (SSSR count). The molecule has 4 N–H and O–H groups in total. The summed E-state index contributed by atoms with van der Waals surface area (Å²) >= 11 is 0. The SMILES string of the molecule is NC(=O)c1cnc(N)c(OCC2CN(C(=O)Cc3ccc(OC(F)(F)F)cc3)CC2(F)F)c1. The molecule has 0 spiro atoms. The van der Waals surface area contributed by atoms with E-state index < -0.39 is 48.9 Å². The second kappa shape index (κ2) is 9.08. The molecule has 2 aromatic rings. The van der Waals surface area contributed by atoms with E-state index >= 15 is 0 Å². The Labute approximate surface area is 184 Å². The van der Waals surface area contributed by atoms with Crippen molar-refractivity contribution in [1.29, 1.82) is 0 Å². The number of likely N-dealkylation sites (tertiary alicyclic amines) is 1. The molecule has 1 unspecified atom stereocenters. The van der Waals surface area contributed by atoms with Crippen LogP contribution in [0.4, 0.5) is 27.8 Å². The lowest BCUT2D eigenvalue weighted by Gasteiger charge is -2.18. The molecule has 0 saturated carbocycles. The Kier molecular flexibility index (Phi) is 6.60. The van der Waals surface area contributed by atoms with Gasteiger partial charge in [-0.3, -0.25) is 9.59 Å². The fraction of sp³-hybridized carbons (Fsp3) is 0.350. The number of nitrogen functional groups attached to an aromatic ring is 1. The van der Waals surface area contributed by atoms with E-state index in [1.165, 1.54) is 18.2 Å². The fourth-order valence-electron chi connectivity index (χ4n) is 3.20. The Morgan fingerprint density at radius 1 is 1.21 bits per heavy atom. The third kappa shape index (κ3) is 6.20. The van der Waals surface area contributed by atoms with E-state index in [4.69, 9.17) is 16.2 Å². The van der Waals surface area contributed by atoms with Gasteiger partial charge in [-0.15, -0.1) is 13.2 Å². The summed E-state index contributed by atoms with van der Waals surface area (Å²) < 4.78 is 74.7.